The number of amidine groups is 1. The number of carboxylic acid groups (broad SMARTS) is 1. The molecule has 1 amide bonds. The molecule has 2 aromatic carbocycles. The molecular weight excluding hydrogens is 420 g/mol. The van der Waals surface area contributed by atoms with Crippen LogP contribution < -0.4 is 10.1 Å². The van der Waals surface area contributed by atoms with Gasteiger partial charge in [0.1, 0.15) is 17.1 Å². The second kappa shape index (κ2) is 9.48. The van der Waals surface area contributed by atoms with Gasteiger partial charge in [-0.3, -0.25) is 9.59 Å². The minimum absolute atomic E-state index is 0.0815. The lowest BCUT2D eigenvalue weighted by molar-refractivity contribution is -0.123. The summed E-state index contributed by atoms with van der Waals surface area (Å²) in [6.07, 6.45) is 1.60. The van der Waals surface area contributed by atoms with E-state index >= 15 is 0 Å². The number of carbonyl (C=O) groups excluding carboxylic acids is 2. The van der Waals surface area contributed by atoms with Crippen molar-refractivity contribution in [1.82, 2.24) is 5.32 Å². The Morgan fingerprint density at radius 1 is 1.26 bits per heavy atom. The summed E-state index contributed by atoms with van der Waals surface area (Å²) < 4.78 is 5.83. The first-order valence-electron chi connectivity index (χ1n) is 9.40. The molecule has 31 heavy (non-hydrogen) atoms. The second-order valence-electron chi connectivity index (χ2n) is 6.65. The summed E-state index contributed by atoms with van der Waals surface area (Å²) in [4.78, 5) is 39.9. The molecular formula is C22H20N2O6S. The number of aliphatic imine (C=N–C) groups is 1. The number of nitrogens with one attached hydrogen (secondary N) is 1. The number of phenols is 1. The maximum absolute atomic E-state index is 12.4. The largest absolute Gasteiger partial charge is 0.507 e. The molecule has 0 bridgehead atoms. The van der Waals surface area contributed by atoms with Crippen LogP contribution in [0.4, 0.5) is 5.69 Å². The molecule has 1 saturated heterocycles. The van der Waals surface area contributed by atoms with Gasteiger partial charge in [0.15, 0.2) is 17.1 Å². The molecule has 1 heterocycles. The number of nitrogens with zero attached hydrogens (tertiary/aromatic N) is 1. The van der Waals surface area contributed by atoms with Crippen molar-refractivity contribution in [2.75, 3.05) is 0 Å². The smallest absolute Gasteiger partial charge is 0.339 e. The number of ketones is 1. The summed E-state index contributed by atoms with van der Waals surface area (Å²) in [5.41, 5.74) is 0.628. The standard InChI is InChI=1S/C22H20N2O6S/c1-3-17(12(2)25)30-18-7-5-4-6-13(18)10-19-20(27)24-22(31-19)23-14-8-9-16(26)15(11-14)21(28)29/h4-11,17,26H,3H2,1-2H3,(H,28,29)(H,23,24,27)/b19-10-. The van der Waals surface area contributed by atoms with E-state index in [1.807, 2.05) is 6.92 Å². The summed E-state index contributed by atoms with van der Waals surface area (Å²) in [7, 11) is 0. The summed E-state index contributed by atoms with van der Waals surface area (Å²) in [6, 6.07) is 11.0. The fourth-order valence-corrected chi connectivity index (χ4v) is 3.65. The minimum Gasteiger partial charge on any atom is -0.507 e. The van der Waals surface area contributed by atoms with Crippen LogP contribution in [-0.4, -0.2) is 39.1 Å². The Hall–Kier alpha value is -3.59. The highest BCUT2D eigenvalue weighted by atomic mass is 32.2. The van der Waals surface area contributed by atoms with Crippen LogP contribution in [0.3, 0.4) is 0 Å². The number of aromatic hydroxyl groups is 1. The van der Waals surface area contributed by atoms with Crippen LogP contribution in [-0.2, 0) is 9.59 Å². The lowest BCUT2D eigenvalue weighted by Gasteiger charge is -2.16. The molecule has 8 nitrogen and oxygen atoms in total. The maximum Gasteiger partial charge on any atom is 0.339 e. The predicted molar refractivity (Wildman–Crippen MR) is 118 cm³/mol. The fourth-order valence-electron chi connectivity index (χ4n) is 2.82. The average Bonchev–Trinajstić information content (AvgIpc) is 3.06. The molecule has 0 spiro atoms. The van der Waals surface area contributed by atoms with Gasteiger partial charge in [-0.1, -0.05) is 25.1 Å². The number of hydrogen-bond donors (Lipinski definition) is 3. The van der Waals surface area contributed by atoms with E-state index in [0.717, 1.165) is 11.8 Å². The highest BCUT2D eigenvalue weighted by molar-refractivity contribution is 8.18. The summed E-state index contributed by atoms with van der Waals surface area (Å²) in [5.74, 6) is -1.61. The Balaban J connectivity index is 1.86. The normalized spacial score (nSPS) is 16.9. The lowest BCUT2D eigenvalue weighted by Crippen LogP contribution is -2.24. The Labute approximate surface area is 182 Å². The van der Waals surface area contributed by atoms with Crippen LogP contribution in [0.25, 0.3) is 6.08 Å². The van der Waals surface area contributed by atoms with Crippen LogP contribution in [0.15, 0.2) is 52.4 Å². The van der Waals surface area contributed by atoms with E-state index in [4.69, 9.17) is 9.84 Å². The highest BCUT2D eigenvalue weighted by Gasteiger charge is 2.25. The number of rotatable bonds is 7. The summed E-state index contributed by atoms with van der Waals surface area (Å²) in [5, 5.41) is 21.6. The number of para-hydroxylation sites is 1. The molecule has 0 radical (unpaired) electrons. The maximum atomic E-state index is 12.4. The third-order valence-corrected chi connectivity index (χ3v) is 5.30. The van der Waals surface area contributed by atoms with E-state index in [1.165, 1.54) is 25.1 Å². The zero-order valence-corrected chi connectivity index (χ0v) is 17.6. The molecule has 0 aliphatic carbocycles. The quantitative estimate of drug-likeness (QED) is 0.560. The first kappa shape index (κ1) is 22.1. The Morgan fingerprint density at radius 2 is 2.00 bits per heavy atom. The molecule has 1 unspecified atom stereocenters. The van der Waals surface area contributed by atoms with Crippen LogP contribution >= 0.6 is 11.8 Å². The van der Waals surface area contributed by atoms with Crippen molar-refractivity contribution in [3.63, 3.8) is 0 Å². The third kappa shape index (κ3) is 5.32. The fraction of sp³-hybridized carbons (Fsp3) is 0.182. The van der Waals surface area contributed by atoms with E-state index in [1.54, 1.807) is 30.3 Å². The molecule has 1 atom stereocenters. The Morgan fingerprint density at radius 3 is 2.68 bits per heavy atom. The number of carboxylic acids is 1. The van der Waals surface area contributed by atoms with Crippen LogP contribution in [0.1, 0.15) is 36.2 Å². The van der Waals surface area contributed by atoms with Crippen molar-refractivity contribution in [2.45, 2.75) is 26.4 Å². The van der Waals surface area contributed by atoms with E-state index in [-0.39, 0.29) is 33.9 Å². The molecule has 160 valence electrons. The first-order chi connectivity index (χ1) is 14.8. The molecule has 1 fully saturated rings. The van der Waals surface area contributed by atoms with E-state index in [9.17, 15) is 19.5 Å². The van der Waals surface area contributed by atoms with Crippen LogP contribution in [0.5, 0.6) is 11.5 Å². The van der Waals surface area contributed by atoms with Gasteiger partial charge < -0.3 is 20.3 Å². The van der Waals surface area contributed by atoms with Gasteiger partial charge in [-0.25, -0.2) is 9.79 Å². The number of aromatic carboxylic acids is 1. The molecule has 0 aromatic heterocycles. The van der Waals surface area contributed by atoms with Crippen LogP contribution in [0.2, 0.25) is 0 Å². The van der Waals surface area contributed by atoms with Gasteiger partial charge in [0.25, 0.3) is 5.91 Å². The third-order valence-electron chi connectivity index (χ3n) is 4.39. The minimum atomic E-state index is -1.28. The van der Waals surface area contributed by atoms with Crippen molar-refractivity contribution >= 4 is 46.4 Å². The molecule has 3 N–H and O–H groups in total. The van der Waals surface area contributed by atoms with Crippen LogP contribution in [0, 0.1) is 0 Å². The van der Waals surface area contributed by atoms with Crippen molar-refractivity contribution < 1.29 is 29.3 Å². The van der Waals surface area contributed by atoms with Crippen molar-refractivity contribution in [3.8, 4) is 11.5 Å². The van der Waals surface area contributed by atoms with E-state index in [0.29, 0.717) is 22.6 Å². The number of carbonyl (C=O) groups is 3. The van der Waals surface area contributed by atoms with Gasteiger partial charge in [-0.2, -0.15) is 0 Å². The number of ether oxygens (including phenoxy) is 1. The first-order valence-corrected chi connectivity index (χ1v) is 10.2. The van der Waals surface area contributed by atoms with Gasteiger partial charge in [-0.05, 0) is 55.4 Å². The topological polar surface area (TPSA) is 125 Å². The number of benzene rings is 2. The molecule has 3 rings (SSSR count). The number of amides is 1. The molecule has 2 aromatic rings. The van der Waals surface area contributed by atoms with Gasteiger partial charge in [0, 0.05) is 5.56 Å². The van der Waals surface area contributed by atoms with Gasteiger partial charge >= 0.3 is 5.97 Å². The summed E-state index contributed by atoms with van der Waals surface area (Å²) >= 11 is 1.08. The number of hydrogen-bond acceptors (Lipinski definition) is 7. The highest BCUT2D eigenvalue weighted by Crippen LogP contribution is 2.32. The molecule has 1 aliphatic rings. The van der Waals surface area contributed by atoms with E-state index in [2.05, 4.69) is 10.3 Å². The number of thioether (sulfide) groups is 1. The van der Waals surface area contributed by atoms with E-state index < -0.39 is 12.1 Å². The van der Waals surface area contributed by atoms with Crippen molar-refractivity contribution in [1.29, 1.82) is 0 Å². The average molecular weight is 440 g/mol. The SMILES string of the molecule is CCC(Oc1ccccc1/C=C1\SC(=Nc2ccc(O)c(C(=O)O)c2)NC1=O)C(C)=O. The zero-order chi connectivity index (χ0) is 22.5. The Kier molecular flexibility index (Phi) is 6.76. The van der Waals surface area contributed by atoms with Gasteiger partial charge in [0.2, 0.25) is 0 Å². The monoisotopic (exact) mass is 440 g/mol. The molecule has 9 heteroatoms. The zero-order valence-electron chi connectivity index (χ0n) is 16.8. The van der Waals surface area contributed by atoms with Crippen molar-refractivity contribution in [3.05, 3.63) is 58.5 Å². The van der Waals surface area contributed by atoms with Gasteiger partial charge in [-0.15, -0.1) is 0 Å². The molecule has 1 aliphatic heterocycles. The number of Topliss-reactive ketones (excluding diaryl/α,β-unsaturated/α-hetero) is 1. The predicted octanol–water partition coefficient (Wildman–Crippen LogP) is 3.73. The van der Waals surface area contributed by atoms with Crippen molar-refractivity contribution in [2.24, 2.45) is 4.99 Å². The van der Waals surface area contributed by atoms with Gasteiger partial charge in [0.05, 0.1) is 10.6 Å². The second-order valence-corrected chi connectivity index (χ2v) is 7.68. The molecule has 0 saturated carbocycles. The Bertz CT molecular complexity index is 1110. The summed E-state index contributed by atoms with van der Waals surface area (Å²) in [6.45, 7) is 3.33. The lowest BCUT2D eigenvalue weighted by atomic mass is 10.1.